The summed E-state index contributed by atoms with van der Waals surface area (Å²) >= 11 is 6.13. The van der Waals surface area contributed by atoms with Crippen molar-refractivity contribution in [2.24, 2.45) is 0 Å². The predicted molar refractivity (Wildman–Crippen MR) is 61.1 cm³/mol. The zero-order valence-electron chi connectivity index (χ0n) is 8.52. The number of aryl methyl sites for hydroxylation is 1. The summed E-state index contributed by atoms with van der Waals surface area (Å²) < 4.78 is 0. The number of benzene rings is 1. The maximum Gasteiger partial charge on any atom is 0.0333 e. The smallest absolute Gasteiger partial charge is 0.0333 e. The van der Waals surface area contributed by atoms with Gasteiger partial charge in [0.05, 0.1) is 0 Å². The van der Waals surface area contributed by atoms with Gasteiger partial charge in [0.15, 0.2) is 0 Å². The lowest BCUT2D eigenvalue weighted by atomic mass is 9.84. The molecule has 1 aliphatic carbocycles. The fraction of sp³-hybridized carbons (Fsp3) is 0.500. The van der Waals surface area contributed by atoms with Gasteiger partial charge in [-0.1, -0.05) is 24.3 Å². The average Bonchev–Trinajstić information content (AvgIpc) is 2.59. The molecular weight excluding hydrogens is 194 g/mol. The third-order valence-electron chi connectivity index (χ3n) is 3.23. The van der Waals surface area contributed by atoms with E-state index in [2.05, 4.69) is 29.6 Å². The summed E-state index contributed by atoms with van der Waals surface area (Å²) in [6.45, 7) is 0.980. The summed E-state index contributed by atoms with van der Waals surface area (Å²) in [6, 6.07) is 8.67. The van der Waals surface area contributed by atoms with Crippen LogP contribution in [0.5, 0.6) is 0 Å². The molecule has 1 nitrogen and oxygen atoms in total. The molecule has 14 heavy (non-hydrogen) atoms. The molecule has 0 amide bonds. The molecule has 1 N–H and O–H groups in total. The van der Waals surface area contributed by atoms with Gasteiger partial charge < -0.3 is 5.32 Å². The van der Waals surface area contributed by atoms with E-state index in [1.807, 2.05) is 7.05 Å². The van der Waals surface area contributed by atoms with Gasteiger partial charge in [0, 0.05) is 17.8 Å². The highest BCUT2D eigenvalue weighted by molar-refractivity contribution is 6.18. The molecule has 1 aromatic rings. The van der Waals surface area contributed by atoms with E-state index in [4.69, 9.17) is 11.6 Å². The van der Waals surface area contributed by atoms with Gasteiger partial charge in [0.2, 0.25) is 0 Å². The Hall–Kier alpha value is -0.530. The average molecular weight is 210 g/mol. The lowest BCUT2D eigenvalue weighted by Gasteiger charge is -2.27. The van der Waals surface area contributed by atoms with Gasteiger partial charge >= 0.3 is 0 Å². The van der Waals surface area contributed by atoms with Crippen LogP contribution in [0.25, 0.3) is 0 Å². The first kappa shape index (κ1) is 10.0. The Morgan fingerprint density at radius 2 is 2.21 bits per heavy atom. The van der Waals surface area contributed by atoms with Gasteiger partial charge in [-0.25, -0.2) is 0 Å². The van der Waals surface area contributed by atoms with E-state index in [-0.39, 0.29) is 5.41 Å². The Morgan fingerprint density at radius 3 is 2.93 bits per heavy atom. The van der Waals surface area contributed by atoms with Crippen LogP contribution in [0.3, 0.4) is 0 Å². The number of rotatable bonds is 3. The minimum atomic E-state index is 0.174. The first-order valence-corrected chi connectivity index (χ1v) is 5.65. The van der Waals surface area contributed by atoms with Crippen LogP contribution >= 0.6 is 11.6 Å². The predicted octanol–water partition coefficient (Wildman–Crippen LogP) is 2.33. The van der Waals surface area contributed by atoms with Gasteiger partial charge in [0.25, 0.3) is 0 Å². The van der Waals surface area contributed by atoms with Crippen LogP contribution in [0.1, 0.15) is 17.5 Å². The van der Waals surface area contributed by atoms with Gasteiger partial charge in [-0.05, 0) is 31.0 Å². The van der Waals surface area contributed by atoms with Crippen molar-refractivity contribution in [1.29, 1.82) is 0 Å². The maximum atomic E-state index is 6.13. The van der Waals surface area contributed by atoms with E-state index >= 15 is 0 Å². The first-order chi connectivity index (χ1) is 6.82. The Balaban J connectivity index is 2.39. The number of alkyl halides is 1. The second-order valence-electron chi connectivity index (χ2n) is 4.10. The van der Waals surface area contributed by atoms with E-state index in [0.29, 0.717) is 5.88 Å². The van der Waals surface area contributed by atoms with Crippen molar-refractivity contribution in [1.82, 2.24) is 5.32 Å². The van der Waals surface area contributed by atoms with Gasteiger partial charge in [0.1, 0.15) is 0 Å². The van der Waals surface area contributed by atoms with E-state index in [0.717, 1.165) is 6.54 Å². The van der Waals surface area contributed by atoms with Crippen LogP contribution < -0.4 is 5.32 Å². The number of hydrogen-bond acceptors (Lipinski definition) is 1. The molecule has 76 valence electrons. The van der Waals surface area contributed by atoms with Gasteiger partial charge in [-0.3, -0.25) is 0 Å². The Labute approximate surface area is 90.5 Å². The lowest BCUT2D eigenvalue weighted by Crippen LogP contribution is -2.36. The first-order valence-electron chi connectivity index (χ1n) is 5.11. The second-order valence-corrected chi connectivity index (χ2v) is 4.37. The summed E-state index contributed by atoms with van der Waals surface area (Å²) in [5.74, 6) is 0.713. The van der Waals surface area contributed by atoms with Crippen LogP contribution in [0.15, 0.2) is 24.3 Å². The van der Waals surface area contributed by atoms with Crippen molar-refractivity contribution < 1.29 is 0 Å². The summed E-state index contributed by atoms with van der Waals surface area (Å²) in [7, 11) is 2.00. The molecule has 0 saturated carbocycles. The molecule has 0 spiro atoms. The third kappa shape index (κ3) is 1.45. The van der Waals surface area contributed by atoms with Crippen LogP contribution in [0.2, 0.25) is 0 Å². The summed E-state index contributed by atoms with van der Waals surface area (Å²) in [5, 5.41) is 3.26. The van der Waals surface area contributed by atoms with E-state index in [9.17, 15) is 0 Å². The summed E-state index contributed by atoms with van der Waals surface area (Å²) in [6.07, 6.45) is 2.35. The molecule has 1 aliphatic rings. The highest BCUT2D eigenvalue weighted by Crippen LogP contribution is 2.39. The van der Waals surface area contributed by atoms with Crippen LogP contribution in [-0.2, 0) is 11.8 Å². The van der Waals surface area contributed by atoms with Crippen molar-refractivity contribution in [2.75, 3.05) is 19.5 Å². The van der Waals surface area contributed by atoms with Crippen molar-refractivity contribution in [3.63, 3.8) is 0 Å². The molecule has 0 aliphatic heterocycles. The molecule has 0 fully saturated rings. The molecule has 2 rings (SSSR count). The lowest BCUT2D eigenvalue weighted by molar-refractivity contribution is 0.452. The number of halogens is 1. The van der Waals surface area contributed by atoms with Crippen LogP contribution in [0.4, 0.5) is 0 Å². The third-order valence-corrected chi connectivity index (χ3v) is 3.74. The zero-order chi connectivity index (χ0) is 10.0. The highest BCUT2D eigenvalue weighted by Gasteiger charge is 2.36. The number of fused-ring (bicyclic) bond motifs is 1. The number of nitrogens with one attached hydrogen (secondary N) is 1. The summed E-state index contributed by atoms with van der Waals surface area (Å²) in [5.41, 5.74) is 3.10. The van der Waals surface area contributed by atoms with Crippen molar-refractivity contribution in [3.05, 3.63) is 35.4 Å². The van der Waals surface area contributed by atoms with Crippen molar-refractivity contribution >= 4 is 11.6 Å². The van der Waals surface area contributed by atoms with E-state index < -0.39 is 0 Å². The Morgan fingerprint density at radius 1 is 1.43 bits per heavy atom. The topological polar surface area (TPSA) is 12.0 Å². The quantitative estimate of drug-likeness (QED) is 0.754. The standard InChI is InChI=1S/C12H16ClN/c1-14-9-12(8-13)7-6-10-4-2-3-5-11(10)12/h2-5,14H,6-9H2,1H3. The minimum Gasteiger partial charge on any atom is -0.319 e. The molecule has 0 heterocycles. The fourth-order valence-electron chi connectivity index (χ4n) is 2.47. The van der Waals surface area contributed by atoms with Crippen molar-refractivity contribution in [3.8, 4) is 0 Å². The highest BCUT2D eigenvalue weighted by atomic mass is 35.5. The zero-order valence-corrected chi connectivity index (χ0v) is 9.27. The molecule has 0 radical (unpaired) electrons. The van der Waals surface area contributed by atoms with Gasteiger partial charge in [-0.2, -0.15) is 0 Å². The molecule has 1 unspecified atom stereocenters. The second kappa shape index (κ2) is 3.92. The molecule has 1 atom stereocenters. The SMILES string of the molecule is CNCC1(CCl)CCc2ccccc21. The minimum absolute atomic E-state index is 0.174. The van der Waals surface area contributed by atoms with Gasteiger partial charge in [-0.15, -0.1) is 11.6 Å². The van der Waals surface area contributed by atoms with Crippen LogP contribution in [-0.4, -0.2) is 19.5 Å². The largest absolute Gasteiger partial charge is 0.319 e. The maximum absolute atomic E-state index is 6.13. The number of likely N-dealkylation sites (N-methyl/N-ethyl adjacent to an activating group) is 1. The molecule has 1 aromatic carbocycles. The van der Waals surface area contributed by atoms with Crippen LogP contribution in [0, 0.1) is 0 Å². The Bertz CT molecular complexity index is 320. The van der Waals surface area contributed by atoms with E-state index in [1.54, 1.807) is 0 Å². The Kier molecular flexibility index (Phi) is 2.80. The molecule has 0 bridgehead atoms. The normalized spacial score (nSPS) is 25.0. The molecule has 0 aromatic heterocycles. The summed E-state index contributed by atoms with van der Waals surface area (Å²) in [4.78, 5) is 0. The van der Waals surface area contributed by atoms with Crippen molar-refractivity contribution in [2.45, 2.75) is 18.3 Å². The molecule has 0 saturated heterocycles. The monoisotopic (exact) mass is 209 g/mol. The molecular formula is C12H16ClN. The number of hydrogen-bond donors (Lipinski definition) is 1. The van der Waals surface area contributed by atoms with E-state index in [1.165, 1.54) is 24.0 Å². The molecule has 2 heteroatoms. The fourth-order valence-corrected chi connectivity index (χ4v) is 2.84.